The van der Waals surface area contributed by atoms with Crippen LogP contribution in [0.4, 0.5) is 0 Å². The van der Waals surface area contributed by atoms with E-state index in [4.69, 9.17) is 4.52 Å². The summed E-state index contributed by atoms with van der Waals surface area (Å²) in [6, 6.07) is 11.9. The van der Waals surface area contributed by atoms with Crippen LogP contribution in [-0.4, -0.2) is 32.8 Å². The van der Waals surface area contributed by atoms with Crippen LogP contribution in [0.15, 0.2) is 53.3 Å². The highest BCUT2D eigenvalue weighted by Crippen LogP contribution is 2.40. The molecule has 6 heteroatoms. The lowest BCUT2D eigenvalue weighted by molar-refractivity contribution is 0.0774. The third kappa shape index (κ3) is 3.63. The molecule has 0 aliphatic heterocycles. The fourth-order valence-electron chi connectivity index (χ4n) is 2.84. The average Bonchev–Trinajstić information content (AvgIpc) is 3.19. The first kappa shape index (κ1) is 15.6. The highest BCUT2D eigenvalue weighted by atomic mass is 16.5. The van der Waals surface area contributed by atoms with Crippen LogP contribution in [0.5, 0.6) is 0 Å². The molecule has 1 aromatic carbocycles. The van der Waals surface area contributed by atoms with Crippen molar-refractivity contribution in [2.45, 2.75) is 31.8 Å². The molecule has 1 aliphatic rings. The summed E-state index contributed by atoms with van der Waals surface area (Å²) in [6.07, 6.45) is 6.01. The maximum atomic E-state index is 12.5. The molecule has 1 aliphatic carbocycles. The van der Waals surface area contributed by atoms with Crippen LogP contribution in [0.25, 0.3) is 0 Å². The Morgan fingerprint density at radius 2 is 2.08 bits per heavy atom. The molecule has 0 atom stereocenters. The molecule has 0 saturated heterocycles. The standard InChI is InChI=1S/C19H20N4O2/c1-22(19(24)17-9-18(25-21-17)16-7-8-16)11-15-10-20-23(13-15)12-14-5-3-2-4-6-14/h2-6,9-10,13,16H,7-8,11-12H2,1H3. The van der Waals surface area contributed by atoms with E-state index in [0.29, 0.717) is 24.7 Å². The summed E-state index contributed by atoms with van der Waals surface area (Å²) < 4.78 is 7.15. The SMILES string of the molecule is CN(Cc1cnn(Cc2ccccc2)c1)C(=O)c1cc(C2CC2)on1. The van der Waals surface area contributed by atoms with E-state index in [1.54, 1.807) is 24.2 Å². The van der Waals surface area contributed by atoms with Gasteiger partial charge in [0.1, 0.15) is 5.76 Å². The summed E-state index contributed by atoms with van der Waals surface area (Å²) in [6.45, 7) is 1.20. The van der Waals surface area contributed by atoms with Crippen LogP contribution in [0, 0.1) is 0 Å². The van der Waals surface area contributed by atoms with E-state index in [-0.39, 0.29) is 5.91 Å². The number of nitrogens with zero attached hydrogens (tertiary/aromatic N) is 4. The molecule has 1 amide bonds. The van der Waals surface area contributed by atoms with Gasteiger partial charge in [0, 0.05) is 37.3 Å². The minimum absolute atomic E-state index is 0.133. The third-order valence-corrected chi connectivity index (χ3v) is 4.37. The normalized spacial score (nSPS) is 13.8. The molecule has 1 fully saturated rings. The van der Waals surface area contributed by atoms with Crippen molar-refractivity contribution in [1.29, 1.82) is 0 Å². The van der Waals surface area contributed by atoms with Crippen molar-refractivity contribution >= 4 is 5.91 Å². The number of amides is 1. The second-order valence-corrected chi connectivity index (χ2v) is 6.58. The van der Waals surface area contributed by atoms with Crippen LogP contribution in [-0.2, 0) is 13.1 Å². The lowest BCUT2D eigenvalue weighted by atomic mass is 10.2. The fourth-order valence-corrected chi connectivity index (χ4v) is 2.84. The Bertz CT molecular complexity index is 864. The molecule has 0 N–H and O–H groups in total. The zero-order valence-corrected chi connectivity index (χ0v) is 14.1. The molecule has 0 bridgehead atoms. The summed E-state index contributed by atoms with van der Waals surface area (Å²) in [7, 11) is 1.77. The highest BCUT2D eigenvalue weighted by Gasteiger charge is 2.29. The second-order valence-electron chi connectivity index (χ2n) is 6.58. The minimum Gasteiger partial charge on any atom is -0.360 e. The zero-order chi connectivity index (χ0) is 17.2. The summed E-state index contributed by atoms with van der Waals surface area (Å²) in [4.78, 5) is 14.1. The number of carbonyl (C=O) groups is 1. The van der Waals surface area contributed by atoms with Gasteiger partial charge in [0.05, 0.1) is 12.7 Å². The maximum Gasteiger partial charge on any atom is 0.276 e. The number of hydrogen-bond acceptors (Lipinski definition) is 4. The monoisotopic (exact) mass is 336 g/mol. The van der Waals surface area contributed by atoms with Gasteiger partial charge < -0.3 is 9.42 Å². The third-order valence-electron chi connectivity index (χ3n) is 4.37. The molecule has 6 nitrogen and oxygen atoms in total. The van der Waals surface area contributed by atoms with Crippen molar-refractivity contribution in [3.05, 3.63) is 71.4 Å². The van der Waals surface area contributed by atoms with E-state index in [9.17, 15) is 4.79 Å². The molecule has 0 unspecified atom stereocenters. The van der Waals surface area contributed by atoms with Gasteiger partial charge >= 0.3 is 0 Å². The minimum atomic E-state index is -0.133. The molecule has 3 aromatic rings. The molecule has 2 heterocycles. The maximum absolute atomic E-state index is 12.5. The molecular formula is C19H20N4O2. The number of carbonyl (C=O) groups excluding carboxylic acids is 1. The van der Waals surface area contributed by atoms with Crippen LogP contribution in [0.2, 0.25) is 0 Å². The molecule has 2 aromatic heterocycles. The quantitative estimate of drug-likeness (QED) is 0.694. The van der Waals surface area contributed by atoms with Crippen molar-refractivity contribution in [1.82, 2.24) is 19.8 Å². The first-order valence-electron chi connectivity index (χ1n) is 8.46. The van der Waals surface area contributed by atoms with Crippen molar-refractivity contribution < 1.29 is 9.32 Å². The number of rotatable bonds is 6. The predicted octanol–water partition coefficient (Wildman–Crippen LogP) is 3.07. The van der Waals surface area contributed by atoms with Gasteiger partial charge in [0.15, 0.2) is 5.69 Å². The van der Waals surface area contributed by atoms with Gasteiger partial charge in [-0.1, -0.05) is 35.5 Å². The van der Waals surface area contributed by atoms with Gasteiger partial charge in [-0.3, -0.25) is 9.48 Å². The summed E-state index contributed by atoms with van der Waals surface area (Å²) in [5.41, 5.74) is 2.55. The van der Waals surface area contributed by atoms with Crippen LogP contribution < -0.4 is 0 Å². The van der Waals surface area contributed by atoms with E-state index in [1.165, 1.54) is 5.56 Å². The van der Waals surface area contributed by atoms with E-state index >= 15 is 0 Å². The number of hydrogen-bond donors (Lipinski definition) is 0. The Kier molecular flexibility index (Phi) is 4.09. The summed E-state index contributed by atoms with van der Waals surface area (Å²) >= 11 is 0. The molecule has 1 saturated carbocycles. The van der Waals surface area contributed by atoms with Crippen LogP contribution >= 0.6 is 0 Å². The molecule has 0 spiro atoms. The Hall–Kier alpha value is -2.89. The van der Waals surface area contributed by atoms with E-state index < -0.39 is 0 Å². The number of benzene rings is 1. The fraction of sp³-hybridized carbons (Fsp3) is 0.316. The van der Waals surface area contributed by atoms with Crippen molar-refractivity contribution in [3.8, 4) is 0 Å². The topological polar surface area (TPSA) is 64.2 Å². The Labute approximate surface area is 146 Å². The van der Waals surface area contributed by atoms with Crippen molar-refractivity contribution in [2.75, 3.05) is 7.05 Å². The second kappa shape index (κ2) is 6.55. The van der Waals surface area contributed by atoms with Gasteiger partial charge in [0.25, 0.3) is 5.91 Å². The Morgan fingerprint density at radius 3 is 2.84 bits per heavy atom. The highest BCUT2D eigenvalue weighted by molar-refractivity contribution is 5.92. The zero-order valence-electron chi connectivity index (χ0n) is 14.1. The van der Waals surface area contributed by atoms with Gasteiger partial charge in [-0.05, 0) is 18.4 Å². The van der Waals surface area contributed by atoms with E-state index in [2.05, 4.69) is 22.4 Å². The van der Waals surface area contributed by atoms with Crippen LogP contribution in [0.1, 0.15) is 46.1 Å². The molecule has 4 rings (SSSR count). The Balaban J connectivity index is 1.38. The van der Waals surface area contributed by atoms with Crippen molar-refractivity contribution in [2.24, 2.45) is 0 Å². The Morgan fingerprint density at radius 1 is 1.28 bits per heavy atom. The van der Waals surface area contributed by atoms with Gasteiger partial charge in [-0.15, -0.1) is 0 Å². The lowest BCUT2D eigenvalue weighted by Crippen LogP contribution is -2.26. The predicted molar refractivity (Wildman–Crippen MR) is 92.0 cm³/mol. The van der Waals surface area contributed by atoms with Crippen molar-refractivity contribution in [3.63, 3.8) is 0 Å². The molecule has 0 radical (unpaired) electrons. The smallest absolute Gasteiger partial charge is 0.276 e. The summed E-state index contributed by atoms with van der Waals surface area (Å²) in [5.74, 6) is 1.15. The number of aromatic nitrogens is 3. The molecule has 25 heavy (non-hydrogen) atoms. The summed E-state index contributed by atoms with van der Waals surface area (Å²) in [5, 5.41) is 8.29. The van der Waals surface area contributed by atoms with E-state index in [1.807, 2.05) is 29.1 Å². The average molecular weight is 336 g/mol. The van der Waals surface area contributed by atoms with Crippen LogP contribution in [0.3, 0.4) is 0 Å². The largest absolute Gasteiger partial charge is 0.360 e. The lowest BCUT2D eigenvalue weighted by Gasteiger charge is -2.14. The molecule has 128 valence electrons. The first-order chi connectivity index (χ1) is 12.2. The van der Waals surface area contributed by atoms with Gasteiger partial charge in [-0.2, -0.15) is 5.10 Å². The van der Waals surface area contributed by atoms with E-state index in [0.717, 1.165) is 24.2 Å². The molecular weight excluding hydrogens is 316 g/mol. The van der Waals surface area contributed by atoms with Gasteiger partial charge in [-0.25, -0.2) is 0 Å². The van der Waals surface area contributed by atoms with Gasteiger partial charge in [0.2, 0.25) is 0 Å². The first-order valence-corrected chi connectivity index (χ1v) is 8.46.